The Morgan fingerprint density at radius 3 is 2.15 bits per heavy atom. The zero-order chi connectivity index (χ0) is 28.6. The number of halogens is 1. The van der Waals surface area contributed by atoms with Crippen LogP contribution < -0.4 is 14.4 Å². The minimum atomic E-state index is -4.22. The van der Waals surface area contributed by atoms with Crippen LogP contribution in [0.25, 0.3) is 0 Å². The number of rotatable bonds is 12. The van der Waals surface area contributed by atoms with Gasteiger partial charge in [0.2, 0.25) is 11.8 Å². The molecule has 0 aliphatic heterocycles. The summed E-state index contributed by atoms with van der Waals surface area (Å²) < 4.78 is 34.2. The third-order valence-electron chi connectivity index (χ3n) is 6.10. The van der Waals surface area contributed by atoms with E-state index < -0.39 is 28.5 Å². The number of sulfonamides is 1. The van der Waals surface area contributed by atoms with Crippen LogP contribution in [-0.2, 0) is 26.0 Å². The fourth-order valence-electron chi connectivity index (χ4n) is 4.07. The van der Waals surface area contributed by atoms with E-state index in [1.807, 2.05) is 44.2 Å². The molecular weight excluding hydrogens is 538 g/mol. The summed E-state index contributed by atoms with van der Waals surface area (Å²) in [4.78, 5) is 28.3. The first-order valence-corrected chi connectivity index (χ1v) is 14.4. The summed E-state index contributed by atoms with van der Waals surface area (Å²) in [6.07, 6.45) is 0.484. The van der Waals surface area contributed by atoms with E-state index in [9.17, 15) is 18.0 Å². The van der Waals surface area contributed by atoms with E-state index in [4.69, 9.17) is 16.3 Å². The van der Waals surface area contributed by atoms with Crippen molar-refractivity contribution in [1.29, 1.82) is 0 Å². The highest BCUT2D eigenvalue weighted by Gasteiger charge is 2.33. The lowest BCUT2D eigenvalue weighted by atomic mass is 10.1. The molecule has 0 spiro atoms. The van der Waals surface area contributed by atoms with Crippen LogP contribution in [0.1, 0.15) is 26.3 Å². The Kier molecular flexibility index (Phi) is 10.4. The van der Waals surface area contributed by atoms with Crippen LogP contribution in [-0.4, -0.2) is 57.4 Å². The molecule has 10 heteroatoms. The molecule has 0 radical (unpaired) electrons. The molecule has 0 unspecified atom stereocenters. The van der Waals surface area contributed by atoms with Crippen LogP contribution in [0.2, 0.25) is 5.02 Å². The van der Waals surface area contributed by atoms with E-state index in [-0.39, 0.29) is 39.8 Å². The molecule has 0 fully saturated rings. The van der Waals surface area contributed by atoms with Crippen molar-refractivity contribution in [2.45, 2.75) is 44.2 Å². The van der Waals surface area contributed by atoms with Crippen molar-refractivity contribution in [1.82, 2.24) is 10.2 Å². The molecule has 3 rings (SSSR count). The summed E-state index contributed by atoms with van der Waals surface area (Å²) >= 11 is 6.25. The zero-order valence-corrected chi connectivity index (χ0v) is 24.1. The van der Waals surface area contributed by atoms with Gasteiger partial charge in [-0.15, -0.1) is 0 Å². The number of anilines is 1. The molecule has 0 aliphatic carbocycles. The largest absolute Gasteiger partial charge is 0.495 e. The number of methoxy groups -OCH3 is 1. The number of carbonyl (C=O) groups excluding carboxylic acids is 2. The molecular formula is C29H34ClN3O5S. The first kappa shape index (κ1) is 30.0. The van der Waals surface area contributed by atoms with Crippen molar-refractivity contribution >= 4 is 39.1 Å². The van der Waals surface area contributed by atoms with Gasteiger partial charge in [0.25, 0.3) is 10.0 Å². The third-order valence-corrected chi connectivity index (χ3v) is 8.11. The third kappa shape index (κ3) is 7.74. The smallest absolute Gasteiger partial charge is 0.264 e. The minimum absolute atomic E-state index is 0.00117. The van der Waals surface area contributed by atoms with Crippen LogP contribution in [0.4, 0.5) is 5.69 Å². The zero-order valence-electron chi connectivity index (χ0n) is 22.5. The minimum Gasteiger partial charge on any atom is -0.495 e. The molecule has 8 nitrogen and oxygen atoms in total. The second-order valence-electron chi connectivity index (χ2n) is 9.30. The van der Waals surface area contributed by atoms with E-state index in [1.165, 1.54) is 30.2 Å². The summed E-state index contributed by atoms with van der Waals surface area (Å²) in [5.41, 5.74) is 1.10. The Labute approximate surface area is 235 Å². The average molecular weight is 572 g/mol. The molecule has 0 aliphatic rings. The predicted octanol–water partition coefficient (Wildman–Crippen LogP) is 4.53. The highest BCUT2D eigenvalue weighted by molar-refractivity contribution is 7.92. The number of carbonyl (C=O) groups is 2. The second-order valence-corrected chi connectivity index (χ2v) is 11.6. The standard InChI is InChI=1S/C29H34ClN3O5S/c1-21(2)31-29(35)22(3)32(18-17-23-11-7-5-8-12-23)28(34)20-33(26-19-24(30)15-16-27(26)38-4)39(36,37)25-13-9-6-10-14-25/h5-16,19,21-22H,17-18,20H2,1-4H3,(H,31,35)/t22-/m0/s1. The van der Waals surface area contributed by atoms with E-state index in [0.717, 1.165) is 9.87 Å². The SMILES string of the molecule is COc1ccc(Cl)cc1N(CC(=O)N(CCc1ccccc1)[C@@H](C)C(=O)NC(C)C)S(=O)(=O)c1ccccc1. The number of benzene rings is 3. The second kappa shape index (κ2) is 13.5. The van der Waals surface area contributed by atoms with Crippen molar-refractivity contribution in [3.63, 3.8) is 0 Å². The highest BCUT2D eigenvalue weighted by atomic mass is 35.5. The van der Waals surface area contributed by atoms with Gasteiger partial charge in [-0.05, 0) is 63.1 Å². The Hall–Kier alpha value is -3.56. The molecule has 2 amide bonds. The molecule has 0 aromatic heterocycles. The number of nitrogens with one attached hydrogen (secondary N) is 1. The topological polar surface area (TPSA) is 96.0 Å². The van der Waals surface area contributed by atoms with Gasteiger partial charge in [-0.1, -0.05) is 60.1 Å². The van der Waals surface area contributed by atoms with Crippen LogP contribution in [0.3, 0.4) is 0 Å². The normalized spacial score (nSPS) is 12.1. The molecule has 0 heterocycles. The molecule has 39 heavy (non-hydrogen) atoms. The number of amides is 2. The van der Waals surface area contributed by atoms with Crippen LogP contribution in [0.5, 0.6) is 5.75 Å². The maximum atomic E-state index is 13.9. The molecule has 208 valence electrons. The van der Waals surface area contributed by atoms with E-state index >= 15 is 0 Å². The molecule has 0 bridgehead atoms. The van der Waals surface area contributed by atoms with Gasteiger partial charge < -0.3 is 15.0 Å². The van der Waals surface area contributed by atoms with Crippen molar-refractivity contribution in [3.05, 3.63) is 89.4 Å². The molecule has 0 saturated heterocycles. The van der Waals surface area contributed by atoms with Gasteiger partial charge >= 0.3 is 0 Å². The van der Waals surface area contributed by atoms with Gasteiger partial charge in [-0.2, -0.15) is 0 Å². The van der Waals surface area contributed by atoms with Crippen LogP contribution in [0.15, 0.2) is 83.8 Å². The number of ether oxygens (including phenoxy) is 1. The average Bonchev–Trinajstić information content (AvgIpc) is 2.92. The first-order valence-electron chi connectivity index (χ1n) is 12.6. The molecule has 3 aromatic rings. The van der Waals surface area contributed by atoms with Crippen LogP contribution >= 0.6 is 11.6 Å². The lowest BCUT2D eigenvalue weighted by Gasteiger charge is -2.32. The fraction of sp³-hybridized carbons (Fsp3) is 0.310. The van der Waals surface area contributed by atoms with E-state index in [0.29, 0.717) is 6.42 Å². The van der Waals surface area contributed by atoms with Gasteiger partial charge in [0.15, 0.2) is 0 Å². The number of nitrogens with zero attached hydrogens (tertiary/aromatic N) is 2. The maximum absolute atomic E-state index is 13.9. The van der Waals surface area contributed by atoms with Crippen molar-refractivity contribution in [2.24, 2.45) is 0 Å². The van der Waals surface area contributed by atoms with Gasteiger partial charge in [-0.25, -0.2) is 8.42 Å². The summed E-state index contributed by atoms with van der Waals surface area (Å²) in [5.74, 6) is -0.642. The van der Waals surface area contributed by atoms with Gasteiger partial charge in [0.1, 0.15) is 18.3 Å². The number of hydrogen-bond donors (Lipinski definition) is 1. The first-order chi connectivity index (χ1) is 18.5. The lowest BCUT2D eigenvalue weighted by molar-refractivity contribution is -0.139. The monoisotopic (exact) mass is 571 g/mol. The summed E-state index contributed by atoms with van der Waals surface area (Å²) in [6.45, 7) is 4.95. The van der Waals surface area contributed by atoms with Crippen molar-refractivity contribution < 1.29 is 22.7 Å². The fourth-order valence-corrected chi connectivity index (χ4v) is 5.67. The van der Waals surface area contributed by atoms with E-state index in [2.05, 4.69) is 5.32 Å². The Morgan fingerprint density at radius 2 is 1.56 bits per heavy atom. The van der Waals surface area contributed by atoms with Gasteiger partial charge in [-0.3, -0.25) is 13.9 Å². The Morgan fingerprint density at radius 1 is 0.949 bits per heavy atom. The molecule has 3 aromatic carbocycles. The highest BCUT2D eigenvalue weighted by Crippen LogP contribution is 2.35. The molecule has 1 N–H and O–H groups in total. The van der Waals surface area contributed by atoms with Crippen molar-refractivity contribution in [2.75, 3.05) is 24.5 Å². The predicted molar refractivity (Wildman–Crippen MR) is 154 cm³/mol. The molecule has 1 atom stereocenters. The Balaban J connectivity index is 2.03. The summed E-state index contributed by atoms with van der Waals surface area (Å²) in [5, 5.41) is 3.12. The maximum Gasteiger partial charge on any atom is 0.264 e. The quantitative estimate of drug-likeness (QED) is 0.345. The summed E-state index contributed by atoms with van der Waals surface area (Å²) in [7, 11) is -2.81. The van der Waals surface area contributed by atoms with Crippen molar-refractivity contribution in [3.8, 4) is 5.75 Å². The summed E-state index contributed by atoms with van der Waals surface area (Å²) in [6, 6.07) is 21.0. The van der Waals surface area contributed by atoms with Gasteiger partial charge in [0.05, 0.1) is 17.7 Å². The number of hydrogen-bond acceptors (Lipinski definition) is 5. The van der Waals surface area contributed by atoms with E-state index in [1.54, 1.807) is 37.3 Å². The van der Waals surface area contributed by atoms with Gasteiger partial charge in [0, 0.05) is 17.6 Å². The molecule has 0 saturated carbocycles. The lowest BCUT2D eigenvalue weighted by Crippen LogP contribution is -2.53. The Bertz CT molecular complexity index is 1370. The van der Waals surface area contributed by atoms with Crippen LogP contribution in [0, 0.1) is 0 Å².